The standard InChI is InChI=1S/C23H29N3O2/c1-17-9-5-6-10-19(17)16-25-13-8-14-26(22(25)28)20-12-7-11-18(15-20)21(27)24-23(2,3)4/h5-7,9-12,15H,8,13-14,16H2,1-4H3,(H,24,27). The molecule has 1 aliphatic rings. The van der Waals surface area contributed by atoms with Gasteiger partial charge in [-0.15, -0.1) is 0 Å². The zero-order valence-electron chi connectivity index (χ0n) is 17.2. The fourth-order valence-electron chi connectivity index (χ4n) is 3.39. The minimum atomic E-state index is -0.307. The molecule has 5 nitrogen and oxygen atoms in total. The Balaban J connectivity index is 1.78. The number of anilines is 1. The van der Waals surface area contributed by atoms with E-state index in [1.165, 1.54) is 5.56 Å². The molecule has 2 aromatic carbocycles. The number of benzene rings is 2. The molecule has 0 spiro atoms. The van der Waals surface area contributed by atoms with Crippen molar-refractivity contribution in [3.8, 4) is 0 Å². The van der Waals surface area contributed by atoms with Gasteiger partial charge in [-0.2, -0.15) is 0 Å². The molecule has 0 aromatic heterocycles. The Morgan fingerprint density at radius 1 is 1.07 bits per heavy atom. The number of carbonyl (C=O) groups excluding carboxylic acids is 2. The second-order valence-corrected chi connectivity index (χ2v) is 8.39. The average molecular weight is 380 g/mol. The van der Waals surface area contributed by atoms with E-state index in [4.69, 9.17) is 0 Å². The van der Waals surface area contributed by atoms with Gasteiger partial charge in [-0.25, -0.2) is 4.79 Å². The zero-order valence-corrected chi connectivity index (χ0v) is 17.2. The molecule has 5 heteroatoms. The Bertz CT molecular complexity index is 870. The quantitative estimate of drug-likeness (QED) is 0.858. The van der Waals surface area contributed by atoms with Gasteiger partial charge in [-0.05, 0) is 63.4 Å². The van der Waals surface area contributed by atoms with Gasteiger partial charge in [0, 0.05) is 36.4 Å². The summed E-state index contributed by atoms with van der Waals surface area (Å²) >= 11 is 0. The first kappa shape index (κ1) is 19.9. The third-order valence-corrected chi connectivity index (χ3v) is 4.84. The van der Waals surface area contributed by atoms with Crippen LogP contribution in [0.1, 0.15) is 48.7 Å². The van der Waals surface area contributed by atoms with E-state index in [1.807, 2.05) is 49.9 Å². The number of urea groups is 1. The highest BCUT2D eigenvalue weighted by molar-refractivity contribution is 5.98. The van der Waals surface area contributed by atoms with Gasteiger partial charge >= 0.3 is 6.03 Å². The molecular weight excluding hydrogens is 350 g/mol. The van der Waals surface area contributed by atoms with Crippen molar-refractivity contribution >= 4 is 17.6 Å². The van der Waals surface area contributed by atoms with Gasteiger partial charge in [-0.1, -0.05) is 30.3 Å². The number of amides is 3. The molecule has 1 aliphatic heterocycles. The van der Waals surface area contributed by atoms with Crippen LogP contribution in [0.3, 0.4) is 0 Å². The molecule has 1 heterocycles. The molecule has 0 bridgehead atoms. The molecule has 2 aromatic rings. The number of hydrogen-bond acceptors (Lipinski definition) is 2. The molecular formula is C23H29N3O2. The lowest BCUT2D eigenvalue weighted by Gasteiger charge is -2.36. The average Bonchev–Trinajstić information content (AvgIpc) is 2.64. The molecule has 1 saturated heterocycles. The lowest BCUT2D eigenvalue weighted by molar-refractivity contribution is 0.0919. The molecule has 148 valence electrons. The van der Waals surface area contributed by atoms with E-state index in [0.29, 0.717) is 18.7 Å². The lowest BCUT2D eigenvalue weighted by Crippen LogP contribution is -2.49. The Labute approximate surface area is 167 Å². The van der Waals surface area contributed by atoms with E-state index in [0.717, 1.165) is 24.2 Å². The van der Waals surface area contributed by atoms with Crippen molar-refractivity contribution < 1.29 is 9.59 Å². The molecule has 1 fully saturated rings. The summed E-state index contributed by atoms with van der Waals surface area (Å²) in [5.41, 5.74) is 3.37. The van der Waals surface area contributed by atoms with E-state index >= 15 is 0 Å². The summed E-state index contributed by atoms with van der Waals surface area (Å²) < 4.78 is 0. The summed E-state index contributed by atoms with van der Waals surface area (Å²) in [4.78, 5) is 29.3. The smallest absolute Gasteiger partial charge is 0.324 e. The van der Waals surface area contributed by atoms with Crippen LogP contribution in [0.25, 0.3) is 0 Å². The van der Waals surface area contributed by atoms with Gasteiger partial charge in [-0.3, -0.25) is 9.69 Å². The highest BCUT2D eigenvalue weighted by Gasteiger charge is 2.27. The van der Waals surface area contributed by atoms with Crippen LogP contribution in [0.5, 0.6) is 0 Å². The molecule has 1 N–H and O–H groups in total. The van der Waals surface area contributed by atoms with Crippen molar-refractivity contribution in [2.45, 2.75) is 46.2 Å². The number of hydrogen-bond donors (Lipinski definition) is 1. The van der Waals surface area contributed by atoms with Crippen molar-refractivity contribution in [3.63, 3.8) is 0 Å². The maximum atomic E-state index is 13.1. The van der Waals surface area contributed by atoms with Gasteiger partial charge in [0.25, 0.3) is 5.91 Å². The monoisotopic (exact) mass is 379 g/mol. The minimum absolute atomic E-state index is 0.0112. The number of nitrogens with one attached hydrogen (secondary N) is 1. The third-order valence-electron chi connectivity index (χ3n) is 4.84. The molecule has 3 amide bonds. The number of rotatable bonds is 4. The highest BCUT2D eigenvalue weighted by Crippen LogP contribution is 2.23. The van der Waals surface area contributed by atoms with Crippen LogP contribution in [-0.2, 0) is 6.54 Å². The van der Waals surface area contributed by atoms with Crippen LogP contribution in [0, 0.1) is 6.92 Å². The number of carbonyl (C=O) groups is 2. The maximum Gasteiger partial charge on any atom is 0.324 e. The zero-order chi connectivity index (χ0) is 20.3. The van der Waals surface area contributed by atoms with Crippen LogP contribution in [0.2, 0.25) is 0 Å². The van der Waals surface area contributed by atoms with Crippen molar-refractivity contribution in [3.05, 3.63) is 65.2 Å². The highest BCUT2D eigenvalue weighted by atomic mass is 16.2. The summed E-state index contributed by atoms with van der Waals surface area (Å²) in [6.45, 7) is 9.93. The molecule has 0 atom stereocenters. The lowest BCUT2D eigenvalue weighted by atomic mass is 10.1. The third kappa shape index (κ3) is 4.71. The summed E-state index contributed by atoms with van der Waals surface area (Å²) in [6.07, 6.45) is 0.899. The van der Waals surface area contributed by atoms with Crippen molar-refractivity contribution in [2.75, 3.05) is 18.0 Å². The molecule has 0 unspecified atom stereocenters. The predicted molar refractivity (Wildman–Crippen MR) is 113 cm³/mol. The molecule has 0 aliphatic carbocycles. The van der Waals surface area contributed by atoms with Gasteiger partial charge in [0.15, 0.2) is 0 Å². The Morgan fingerprint density at radius 3 is 2.54 bits per heavy atom. The van der Waals surface area contributed by atoms with E-state index in [9.17, 15) is 9.59 Å². The topological polar surface area (TPSA) is 52.6 Å². The largest absolute Gasteiger partial charge is 0.347 e. The maximum absolute atomic E-state index is 13.1. The van der Waals surface area contributed by atoms with E-state index in [2.05, 4.69) is 24.4 Å². The first-order chi connectivity index (χ1) is 13.2. The normalized spacial score (nSPS) is 14.9. The van der Waals surface area contributed by atoms with E-state index in [1.54, 1.807) is 17.0 Å². The summed E-state index contributed by atoms with van der Waals surface area (Å²) in [7, 11) is 0. The first-order valence-corrected chi connectivity index (χ1v) is 9.78. The van der Waals surface area contributed by atoms with E-state index < -0.39 is 0 Å². The number of aryl methyl sites for hydroxylation is 1. The molecule has 0 saturated carbocycles. The Hall–Kier alpha value is -2.82. The molecule has 28 heavy (non-hydrogen) atoms. The Kier molecular flexibility index (Phi) is 5.73. The summed E-state index contributed by atoms with van der Waals surface area (Å²) in [5, 5.41) is 2.97. The fraction of sp³-hybridized carbons (Fsp3) is 0.391. The van der Waals surface area contributed by atoms with Crippen molar-refractivity contribution in [2.24, 2.45) is 0 Å². The Morgan fingerprint density at radius 2 is 1.82 bits per heavy atom. The summed E-state index contributed by atoms with van der Waals surface area (Å²) in [6, 6.07) is 15.5. The first-order valence-electron chi connectivity index (χ1n) is 9.78. The van der Waals surface area contributed by atoms with Gasteiger partial charge < -0.3 is 10.2 Å². The van der Waals surface area contributed by atoms with Crippen molar-refractivity contribution in [1.82, 2.24) is 10.2 Å². The fourth-order valence-corrected chi connectivity index (χ4v) is 3.39. The van der Waals surface area contributed by atoms with Gasteiger partial charge in [0.2, 0.25) is 0 Å². The van der Waals surface area contributed by atoms with Gasteiger partial charge in [0.1, 0.15) is 0 Å². The minimum Gasteiger partial charge on any atom is -0.347 e. The predicted octanol–water partition coefficient (Wildman–Crippen LogP) is 4.36. The summed E-state index contributed by atoms with van der Waals surface area (Å²) in [5.74, 6) is -0.129. The van der Waals surface area contributed by atoms with Crippen LogP contribution >= 0.6 is 0 Å². The second kappa shape index (κ2) is 8.05. The van der Waals surface area contributed by atoms with Crippen molar-refractivity contribution in [1.29, 1.82) is 0 Å². The molecule has 3 rings (SSSR count). The second-order valence-electron chi connectivity index (χ2n) is 8.39. The van der Waals surface area contributed by atoms with Crippen LogP contribution in [-0.4, -0.2) is 35.5 Å². The van der Waals surface area contributed by atoms with E-state index in [-0.39, 0.29) is 17.5 Å². The number of nitrogens with zero attached hydrogens (tertiary/aromatic N) is 2. The van der Waals surface area contributed by atoms with Crippen LogP contribution in [0.4, 0.5) is 10.5 Å². The SMILES string of the molecule is Cc1ccccc1CN1CCCN(c2cccc(C(=O)NC(C)(C)C)c2)C1=O. The molecule has 0 radical (unpaired) electrons. The van der Waals surface area contributed by atoms with Crippen LogP contribution in [0.15, 0.2) is 48.5 Å². The van der Waals surface area contributed by atoms with Gasteiger partial charge in [0.05, 0.1) is 0 Å². The van der Waals surface area contributed by atoms with Crippen LogP contribution < -0.4 is 10.2 Å².